The minimum Gasteiger partial charge on any atom is -0.300 e. The maximum atomic E-state index is 12.3. The highest BCUT2D eigenvalue weighted by Gasteiger charge is 2.25. The van der Waals surface area contributed by atoms with Crippen molar-refractivity contribution in [1.29, 1.82) is 0 Å². The van der Waals surface area contributed by atoms with E-state index in [1.165, 1.54) is 0 Å². The molecule has 0 radical (unpaired) electrons. The first kappa shape index (κ1) is 17.8. The molecule has 7 nitrogen and oxygen atoms in total. The van der Waals surface area contributed by atoms with Crippen LogP contribution in [0.25, 0.3) is 0 Å². The highest BCUT2D eigenvalue weighted by Crippen LogP contribution is 2.25. The largest absolute Gasteiger partial charge is 0.300 e. The molecule has 0 bridgehead atoms. The van der Waals surface area contributed by atoms with E-state index in [-0.39, 0.29) is 15.4 Å². The Labute approximate surface area is 146 Å². The molecule has 1 heterocycles. The van der Waals surface area contributed by atoms with Crippen LogP contribution < -0.4 is 10.0 Å². The number of halogens is 1. The summed E-state index contributed by atoms with van der Waals surface area (Å²) in [4.78, 5) is 11.9. The number of hydrogen-bond acceptors (Lipinski definition) is 6. The predicted molar refractivity (Wildman–Crippen MR) is 92.9 cm³/mol. The van der Waals surface area contributed by atoms with Crippen LogP contribution in [0.15, 0.2) is 33.1 Å². The molecule has 0 saturated carbocycles. The van der Waals surface area contributed by atoms with E-state index in [0.717, 1.165) is 15.8 Å². The lowest BCUT2D eigenvalue weighted by atomic mass is 9.96. The fourth-order valence-electron chi connectivity index (χ4n) is 1.40. The number of sulfonamides is 1. The number of amides is 1. The Kier molecular flexibility index (Phi) is 5.07. The zero-order chi connectivity index (χ0) is 17.3. The van der Waals surface area contributed by atoms with Crippen molar-refractivity contribution in [1.82, 2.24) is 10.2 Å². The van der Waals surface area contributed by atoms with Crippen molar-refractivity contribution in [3.05, 3.63) is 28.7 Å². The van der Waals surface area contributed by atoms with Crippen LogP contribution >= 0.6 is 27.3 Å². The minimum absolute atomic E-state index is 0.138. The fourth-order valence-corrected chi connectivity index (χ4v) is 3.75. The maximum Gasteiger partial charge on any atom is 0.291 e. The second-order valence-corrected chi connectivity index (χ2v) is 9.44. The molecule has 0 aliphatic carbocycles. The Bertz CT molecular complexity index is 828. The van der Waals surface area contributed by atoms with Crippen molar-refractivity contribution in [2.24, 2.45) is 5.41 Å². The number of hydrogen-bond donors (Lipinski definition) is 2. The molecular formula is C13H15BrN4O3S2. The summed E-state index contributed by atoms with van der Waals surface area (Å²) < 4.78 is 27.5. The van der Waals surface area contributed by atoms with Crippen LogP contribution in [0.3, 0.4) is 0 Å². The summed E-state index contributed by atoms with van der Waals surface area (Å²) in [6, 6.07) is 6.73. The Morgan fingerprint density at radius 3 is 2.57 bits per heavy atom. The van der Waals surface area contributed by atoms with Crippen LogP contribution in [0.2, 0.25) is 0 Å². The summed E-state index contributed by atoms with van der Waals surface area (Å²) in [5.41, 5.74) is -0.214. The van der Waals surface area contributed by atoms with Gasteiger partial charge in [0.2, 0.25) is 11.0 Å². The topological polar surface area (TPSA) is 101 Å². The Morgan fingerprint density at radius 1 is 1.26 bits per heavy atom. The zero-order valence-electron chi connectivity index (χ0n) is 12.6. The lowest BCUT2D eigenvalue weighted by molar-refractivity contribution is -0.123. The van der Waals surface area contributed by atoms with E-state index in [0.29, 0.717) is 5.69 Å². The molecular weight excluding hydrogens is 404 g/mol. The third-order valence-electron chi connectivity index (χ3n) is 2.61. The van der Waals surface area contributed by atoms with Gasteiger partial charge in [-0.25, -0.2) is 0 Å². The van der Waals surface area contributed by atoms with Gasteiger partial charge in [0.15, 0.2) is 0 Å². The first-order valence-corrected chi connectivity index (χ1v) is 9.60. The summed E-state index contributed by atoms with van der Waals surface area (Å²) in [5.74, 6) is -0.266. The van der Waals surface area contributed by atoms with Crippen molar-refractivity contribution < 1.29 is 13.2 Å². The summed E-state index contributed by atoms with van der Waals surface area (Å²) in [6.07, 6.45) is 0. The summed E-state index contributed by atoms with van der Waals surface area (Å²) >= 11 is 4.06. The standard InChI is InChI=1S/C13H15BrN4O3S2/c1-13(2,3)10(19)15-11-16-17-12(22-11)23(20,21)18-9-6-4-5-8(14)7-9/h4-7,18H,1-3H3,(H,15,16,19). The highest BCUT2D eigenvalue weighted by molar-refractivity contribution is 9.10. The minimum atomic E-state index is -3.86. The first-order chi connectivity index (χ1) is 10.6. The summed E-state index contributed by atoms with van der Waals surface area (Å²) in [7, 11) is -3.86. The number of nitrogens with zero attached hydrogens (tertiary/aromatic N) is 2. The molecule has 2 N–H and O–H groups in total. The van der Waals surface area contributed by atoms with E-state index in [9.17, 15) is 13.2 Å². The molecule has 0 atom stereocenters. The molecule has 1 amide bonds. The van der Waals surface area contributed by atoms with Crippen molar-refractivity contribution in [2.45, 2.75) is 25.1 Å². The van der Waals surface area contributed by atoms with Crippen molar-refractivity contribution >= 4 is 54.0 Å². The molecule has 1 aromatic heterocycles. The third kappa shape index (κ3) is 4.72. The van der Waals surface area contributed by atoms with Gasteiger partial charge in [0, 0.05) is 9.89 Å². The Hall–Kier alpha value is -1.52. The van der Waals surface area contributed by atoms with Gasteiger partial charge in [0.1, 0.15) is 0 Å². The normalized spacial score (nSPS) is 12.0. The highest BCUT2D eigenvalue weighted by atomic mass is 79.9. The average molecular weight is 419 g/mol. The summed E-state index contributed by atoms with van der Waals surface area (Å²) in [6.45, 7) is 5.24. The smallest absolute Gasteiger partial charge is 0.291 e. The van der Waals surface area contributed by atoms with Gasteiger partial charge >= 0.3 is 0 Å². The van der Waals surface area contributed by atoms with Gasteiger partial charge in [0.05, 0.1) is 5.69 Å². The second kappa shape index (κ2) is 6.54. The van der Waals surface area contributed by atoms with Crippen molar-refractivity contribution in [2.75, 3.05) is 10.0 Å². The average Bonchev–Trinajstić information content (AvgIpc) is 2.86. The molecule has 124 valence electrons. The second-order valence-electron chi connectivity index (χ2n) is 5.69. The lowest BCUT2D eigenvalue weighted by Gasteiger charge is -2.15. The number of anilines is 2. The number of nitrogens with one attached hydrogen (secondary N) is 2. The molecule has 0 spiro atoms. The monoisotopic (exact) mass is 418 g/mol. The van der Waals surface area contributed by atoms with E-state index in [1.54, 1.807) is 45.0 Å². The number of carbonyl (C=O) groups is 1. The summed E-state index contributed by atoms with van der Waals surface area (Å²) in [5, 5.41) is 10.0. The lowest BCUT2D eigenvalue weighted by Crippen LogP contribution is -2.27. The van der Waals surface area contributed by atoms with Crippen LogP contribution in [0.5, 0.6) is 0 Å². The quantitative estimate of drug-likeness (QED) is 0.742. The van der Waals surface area contributed by atoms with E-state index in [4.69, 9.17) is 0 Å². The van der Waals surface area contributed by atoms with Gasteiger partial charge in [-0.2, -0.15) is 8.42 Å². The third-order valence-corrected chi connectivity index (χ3v) is 5.70. The van der Waals surface area contributed by atoms with E-state index in [2.05, 4.69) is 36.2 Å². The van der Waals surface area contributed by atoms with Crippen LogP contribution in [0.1, 0.15) is 20.8 Å². The van der Waals surface area contributed by atoms with Crippen LogP contribution in [0, 0.1) is 5.41 Å². The number of aromatic nitrogens is 2. The van der Waals surface area contributed by atoms with E-state index in [1.807, 2.05) is 0 Å². The van der Waals surface area contributed by atoms with Crippen molar-refractivity contribution in [3.63, 3.8) is 0 Å². The maximum absolute atomic E-state index is 12.3. The fraction of sp³-hybridized carbons (Fsp3) is 0.308. The molecule has 0 aliphatic heterocycles. The molecule has 1 aromatic carbocycles. The van der Waals surface area contributed by atoms with Crippen LogP contribution in [-0.4, -0.2) is 24.5 Å². The molecule has 10 heteroatoms. The molecule has 23 heavy (non-hydrogen) atoms. The van der Waals surface area contributed by atoms with Crippen molar-refractivity contribution in [3.8, 4) is 0 Å². The first-order valence-electron chi connectivity index (χ1n) is 6.51. The molecule has 2 rings (SSSR count). The van der Waals surface area contributed by atoms with Gasteiger partial charge in [-0.3, -0.25) is 9.52 Å². The van der Waals surface area contributed by atoms with E-state index < -0.39 is 15.4 Å². The Balaban J connectivity index is 2.17. The number of benzene rings is 1. The molecule has 0 aliphatic rings. The van der Waals surface area contributed by atoms with E-state index >= 15 is 0 Å². The van der Waals surface area contributed by atoms with Gasteiger partial charge in [-0.15, -0.1) is 10.2 Å². The van der Waals surface area contributed by atoms with Gasteiger partial charge < -0.3 is 5.32 Å². The molecule has 0 unspecified atom stereocenters. The van der Waals surface area contributed by atoms with Gasteiger partial charge in [-0.05, 0) is 18.2 Å². The molecule has 0 fully saturated rings. The molecule has 2 aromatic rings. The Morgan fingerprint density at radius 2 is 1.96 bits per heavy atom. The van der Waals surface area contributed by atoms with Gasteiger partial charge in [-0.1, -0.05) is 54.1 Å². The van der Waals surface area contributed by atoms with Crippen LogP contribution in [-0.2, 0) is 14.8 Å². The SMILES string of the molecule is CC(C)(C)C(=O)Nc1nnc(S(=O)(=O)Nc2cccc(Br)c2)s1. The number of rotatable bonds is 4. The number of carbonyl (C=O) groups excluding carboxylic acids is 1. The molecule has 0 saturated heterocycles. The van der Waals surface area contributed by atoms with Crippen LogP contribution in [0.4, 0.5) is 10.8 Å². The predicted octanol–water partition coefficient (Wildman–Crippen LogP) is 3.09. The zero-order valence-corrected chi connectivity index (χ0v) is 15.8. The van der Waals surface area contributed by atoms with Gasteiger partial charge in [0.25, 0.3) is 14.4 Å².